The largest absolute Gasteiger partial charge is 0.412 e. The van der Waals surface area contributed by atoms with Crippen molar-refractivity contribution in [3.8, 4) is 0 Å². The Morgan fingerprint density at radius 2 is 1.78 bits per heavy atom. The molecular weight excluding hydrogens is 368 g/mol. The van der Waals surface area contributed by atoms with E-state index in [2.05, 4.69) is 4.74 Å². The highest BCUT2D eigenvalue weighted by Crippen LogP contribution is 2.33. The van der Waals surface area contributed by atoms with Gasteiger partial charge in [0.2, 0.25) is 0 Å². The summed E-state index contributed by atoms with van der Waals surface area (Å²) in [6, 6.07) is 13.4. The number of rotatable bonds is 5. The van der Waals surface area contributed by atoms with Gasteiger partial charge in [0.15, 0.2) is 0 Å². The second kappa shape index (κ2) is 8.49. The van der Waals surface area contributed by atoms with Crippen molar-refractivity contribution < 1.29 is 23.1 Å². The molecule has 0 aromatic heterocycles. The number of hydrogen-bond acceptors (Lipinski definition) is 4. The first-order valence-electron chi connectivity index (χ1n) is 8.83. The number of hydrogen-bond donors (Lipinski definition) is 2. The van der Waals surface area contributed by atoms with Crippen LogP contribution in [0.5, 0.6) is 0 Å². The van der Waals surface area contributed by atoms with E-state index in [-0.39, 0.29) is 11.8 Å². The monoisotopic (exact) mass is 390 g/mol. The van der Waals surface area contributed by atoms with E-state index in [4.69, 9.17) is 5.73 Å². The highest BCUT2D eigenvalue weighted by atomic mass is 32.2. The van der Waals surface area contributed by atoms with Gasteiger partial charge in [-0.3, -0.25) is 13.7 Å². The summed E-state index contributed by atoms with van der Waals surface area (Å²) in [5.41, 5.74) is 5.60. The van der Waals surface area contributed by atoms with E-state index in [1.54, 1.807) is 0 Å². The lowest BCUT2D eigenvalue weighted by Crippen LogP contribution is -2.34. The smallest absolute Gasteiger partial charge is 0.376 e. The number of nitrogens with zero attached hydrogens (tertiary/aromatic N) is 1. The van der Waals surface area contributed by atoms with Crippen molar-refractivity contribution >= 4 is 39.8 Å². The number of benzene rings is 2. The van der Waals surface area contributed by atoms with E-state index >= 15 is 0 Å². The SMILES string of the molecule is NC(=O)OC(=O)C1CCC(CN(c2cccc3ccccc23)S(=O)O)CC1. The van der Waals surface area contributed by atoms with Gasteiger partial charge in [-0.25, -0.2) is 9.00 Å². The number of nitrogens with two attached hydrogens (primary N) is 1. The lowest BCUT2D eigenvalue weighted by molar-refractivity contribution is -0.143. The summed E-state index contributed by atoms with van der Waals surface area (Å²) >= 11 is -2.16. The van der Waals surface area contributed by atoms with Gasteiger partial charge in [-0.05, 0) is 43.1 Å². The molecule has 1 atom stereocenters. The Bertz CT molecular complexity index is 859. The number of carbonyl (C=O) groups is 2. The Hall–Kier alpha value is -2.45. The predicted octanol–water partition coefficient (Wildman–Crippen LogP) is 3.21. The highest BCUT2D eigenvalue weighted by molar-refractivity contribution is 7.80. The van der Waals surface area contributed by atoms with E-state index in [1.165, 1.54) is 4.31 Å². The maximum Gasteiger partial charge on any atom is 0.412 e. The highest BCUT2D eigenvalue weighted by Gasteiger charge is 2.30. The molecule has 0 radical (unpaired) electrons. The quantitative estimate of drug-likeness (QED) is 0.463. The molecule has 8 heteroatoms. The molecule has 0 saturated heterocycles. The maximum absolute atomic E-state index is 12.0. The number of ether oxygens (including phenoxy) is 1. The number of carbonyl (C=O) groups excluding carboxylic acids is 2. The maximum atomic E-state index is 12.0. The van der Waals surface area contributed by atoms with Crippen molar-refractivity contribution in [1.82, 2.24) is 0 Å². The van der Waals surface area contributed by atoms with Gasteiger partial charge in [0.05, 0.1) is 11.6 Å². The van der Waals surface area contributed by atoms with Crippen LogP contribution in [0.25, 0.3) is 10.8 Å². The van der Waals surface area contributed by atoms with Crippen molar-refractivity contribution in [2.75, 3.05) is 10.8 Å². The van der Waals surface area contributed by atoms with Gasteiger partial charge >= 0.3 is 12.1 Å². The fraction of sp³-hybridized carbons (Fsp3) is 0.368. The lowest BCUT2D eigenvalue weighted by atomic mass is 9.82. The van der Waals surface area contributed by atoms with Crippen LogP contribution in [0.4, 0.5) is 10.5 Å². The molecule has 7 nitrogen and oxygen atoms in total. The zero-order valence-corrected chi connectivity index (χ0v) is 15.6. The van der Waals surface area contributed by atoms with Crippen LogP contribution >= 0.6 is 0 Å². The predicted molar refractivity (Wildman–Crippen MR) is 103 cm³/mol. The van der Waals surface area contributed by atoms with Gasteiger partial charge in [-0.2, -0.15) is 0 Å². The second-order valence-electron chi connectivity index (χ2n) is 6.75. The minimum absolute atomic E-state index is 0.165. The minimum Gasteiger partial charge on any atom is -0.376 e. The van der Waals surface area contributed by atoms with Crippen LogP contribution in [0.1, 0.15) is 25.7 Å². The topological polar surface area (TPSA) is 110 Å². The van der Waals surface area contributed by atoms with Gasteiger partial charge in [0.1, 0.15) is 0 Å². The molecule has 1 aliphatic carbocycles. The molecule has 144 valence electrons. The Morgan fingerprint density at radius 1 is 1.11 bits per heavy atom. The van der Waals surface area contributed by atoms with Gasteiger partial charge < -0.3 is 10.5 Å². The molecule has 1 unspecified atom stereocenters. The summed E-state index contributed by atoms with van der Waals surface area (Å²) in [6.07, 6.45) is 1.46. The fourth-order valence-corrected chi connectivity index (χ4v) is 4.34. The molecule has 2 aromatic rings. The Balaban J connectivity index is 1.70. The van der Waals surface area contributed by atoms with E-state index in [0.717, 1.165) is 10.8 Å². The summed E-state index contributed by atoms with van der Waals surface area (Å²) in [5.74, 6) is -0.769. The summed E-state index contributed by atoms with van der Waals surface area (Å²) in [4.78, 5) is 22.5. The van der Waals surface area contributed by atoms with Crippen LogP contribution in [-0.4, -0.2) is 27.4 Å². The normalized spacial score (nSPS) is 20.8. The standard InChI is InChI=1S/C19H22N2O5S/c20-19(23)26-18(22)15-10-8-13(9-11-15)12-21(27(24)25)17-7-3-5-14-4-1-2-6-16(14)17/h1-7,13,15H,8-12H2,(H2,20,23)(H,24,25). The molecule has 0 heterocycles. The number of esters is 1. The molecule has 0 bridgehead atoms. The third kappa shape index (κ3) is 4.64. The molecule has 0 spiro atoms. The Morgan fingerprint density at radius 3 is 2.44 bits per heavy atom. The molecule has 1 fully saturated rings. The van der Waals surface area contributed by atoms with Crippen LogP contribution in [0, 0.1) is 11.8 Å². The molecule has 1 aliphatic rings. The van der Waals surface area contributed by atoms with Crippen LogP contribution in [0.3, 0.4) is 0 Å². The van der Waals surface area contributed by atoms with Gasteiger partial charge in [-0.1, -0.05) is 36.4 Å². The molecule has 3 rings (SSSR count). The molecule has 2 aromatic carbocycles. The van der Waals surface area contributed by atoms with Crippen LogP contribution in [0.2, 0.25) is 0 Å². The zero-order chi connectivity index (χ0) is 19.4. The third-order valence-electron chi connectivity index (χ3n) is 5.03. The van der Waals surface area contributed by atoms with Crippen LogP contribution < -0.4 is 10.0 Å². The molecule has 0 aliphatic heterocycles. The van der Waals surface area contributed by atoms with Gasteiger partial charge in [0, 0.05) is 11.9 Å². The summed E-state index contributed by atoms with van der Waals surface area (Å²) < 4.78 is 27.8. The number of anilines is 1. The number of primary amides is 1. The van der Waals surface area contributed by atoms with E-state index in [9.17, 15) is 18.4 Å². The van der Waals surface area contributed by atoms with Crippen molar-refractivity contribution in [3.05, 3.63) is 42.5 Å². The first-order valence-corrected chi connectivity index (χ1v) is 9.89. The van der Waals surface area contributed by atoms with E-state index in [1.807, 2.05) is 42.5 Å². The fourth-order valence-electron chi connectivity index (χ4n) is 3.67. The Labute approximate surface area is 159 Å². The average Bonchev–Trinajstić information content (AvgIpc) is 2.65. The van der Waals surface area contributed by atoms with Gasteiger partial charge in [-0.15, -0.1) is 0 Å². The average molecular weight is 390 g/mol. The third-order valence-corrected chi connectivity index (χ3v) is 5.75. The summed E-state index contributed by atoms with van der Waals surface area (Å²) in [7, 11) is 0. The number of amides is 1. The molecular formula is C19H22N2O5S. The second-order valence-corrected chi connectivity index (χ2v) is 7.65. The van der Waals surface area contributed by atoms with Crippen molar-refractivity contribution in [2.24, 2.45) is 17.6 Å². The van der Waals surface area contributed by atoms with Crippen LogP contribution in [-0.2, 0) is 20.8 Å². The van der Waals surface area contributed by atoms with E-state index in [0.29, 0.717) is 37.9 Å². The van der Waals surface area contributed by atoms with Crippen molar-refractivity contribution in [1.29, 1.82) is 0 Å². The lowest BCUT2D eigenvalue weighted by Gasteiger charge is -2.31. The Kier molecular flexibility index (Phi) is 6.08. The molecule has 1 saturated carbocycles. The summed E-state index contributed by atoms with van der Waals surface area (Å²) in [5, 5.41) is 1.92. The first kappa shape index (κ1) is 19.3. The summed E-state index contributed by atoms with van der Waals surface area (Å²) in [6.45, 7) is 0.411. The first-order chi connectivity index (χ1) is 13.0. The van der Waals surface area contributed by atoms with Crippen molar-refractivity contribution in [3.63, 3.8) is 0 Å². The minimum atomic E-state index is -2.16. The van der Waals surface area contributed by atoms with E-state index < -0.39 is 23.3 Å². The van der Waals surface area contributed by atoms with Crippen LogP contribution in [0.15, 0.2) is 42.5 Å². The molecule has 1 amide bonds. The van der Waals surface area contributed by atoms with Crippen molar-refractivity contribution in [2.45, 2.75) is 25.7 Å². The zero-order valence-electron chi connectivity index (χ0n) is 14.7. The van der Waals surface area contributed by atoms with Gasteiger partial charge in [0.25, 0.3) is 11.3 Å². The molecule has 27 heavy (non-hydrogen) atoms. The molecule has 3 N–H and O–H groups in total. The number of fused-ring (bicyclic) bond motifs is 1.